The van der Waals surface area contributed by atoms with E-state index in [-0.39, 0.29) is 109 Å². The number of hydrogen-bond acceptors (Lipinski definition) is 15. The van der Waals surface area contributed by atoms with Crippen LogP contribution in [0, 0.1) is 125 Å². The van der Waals surface area contributed by atoms with Crippen LogP contribution in [0.3, 0.4) is 0 Å². The van der Waals surface area contributed by atoms with Crippen molar-refractivity contribution in [1.82, 2.24) is 34.9 Å². The standard InChI is InChI=1S/C39H63N5O5.C37H63NO5.C9H18N4OSi/c1-22(2)24(5)34(6)15-16-36(8)25-11-12-28-35(7)18-48-20-39(28,26(25)13-14-37(36,9)29(34)33(46)47)17-27(44-32(31(40)45)42-21-43-44)30(35)49-19-38(10,41)23(3)4;1-22(2)24(5)32(6)16-17-34(8)25-12-13-28-33(7)19-42-21-37(28,26(25)14-15-35(34,9)29(32)31(39)40)18-27(41-11)30(33)43-20-36(10,38)23(3)4;1-4-15(5-2,6-3)13-9(14)8-10-7-11-12-8/h13,21-25,27-30H,11-12,14-20,41H2,1-10H3,(H2,40,45)(H,46,47);14,22-25,27-30H,12-13,15-21,38H2,1-11H3,(H,39,40);7H,4-6H2,1-3H3,(H,13,14)(H,10,11,12)/t24-,25+,27-,28+,29-,30+,34-,35-,36-,37+,38+,39+;24-,25+,27-,28+,29-,30+,32-,33-,34-,35+,36+,37+;/m11./s1. The van der Waals surface area contributed by atoms with Gasteiger partial charge in [-0.3, -0.25) is 24.3 Å². The smallest absolute Gasteiger partial charge is 0.307 e. The number of nitrogens with two attached hydrogens (primary N) is 3. The number of carbonyl (C=O) groups excluding carboxylic acids is 2. The van der Waals surface area contributed by atoms with Crippen LogP contribution in [0.4, 0.5) is 0 Å². The maximum atomic E-state index is 13.5. The van der Waals surface area contributed by atoms with Crippen LogP contribution in [-0.4, -0.2) is 148 Å². The highest BCUT2D eigenvalue weighted by atomic mass is 28.3. The minimum atomic E-state index is -1.62. The van der Waals surface area contributed by atoms with Gasteiger partial charge in [0.15, 0.2) is 8.24 Å². The first-order chi connectivity index (χ1) is 49.7. The van der Waals surface area contributed by atoms with E-state index in [0.29, 0.717) is 80.8 Å². The van der Waals surface area contributed by atoms with Crippen molar-refractivity contribution in [3.63, 3.8) is 0 Å². The number of nitrogens with one attached hydrogen (secondary N) is 2. The molecule has 10 aliphatic rings. The monoisotopic (exact) mass is 1510 g/mol. The molecule has 12 rings (SSSR count). The summed E-state index contributed by atoms with van der Waals surface area (Å²) >= 11 is 0. The van der Waals surface area contributed by atoms with Crippen molar-refractivity contribution >= 4 is 32.0 Å². The maximum Gasteiger partial charge on any atom is 0.307 e. The molecule has 10 N–H and O–H groups in total. The molecule has 6 saturated carbocycles. The molecule has 2 aliphatic heterocycles. The van der Waals surface area contributed by atoms with E-state index < -0.39 is 53.9 Å². The normalized spacial score (nSPS) is 40.8. The average Bonchev–Trinajstić information content (AvgIpc) is 0.854. The summed E-state index contributed by atoms with van der Waals surface area (Å²) in [4.78, 5) is 62.5. The number of H-pyrrole nitrogens is 1. The van der Waals surface area contributed by atoms with Crippen molar-refractivity contribution in [1.29, 1.82) is 0 Å². The molecular formula is C85H144N10O11Si. The second-order valence-corrected chi connectivity index (χ2v) is 45.2. The number of aromatic amines is 1. The molecule has 8 fully saturated rings. The van der Waals surface area contributed by atoms with Gasteiger partial charge >= 0.3 is 11.9 Å². The number of fused-ring (bicyclic) bond motifs is 6. The minimum absolute atomic E-state index is 0.0396. The first-order valence-corrected chi connectivity index (χ1v) is 44.1. The molecule has 2 saturated heterocycles. The molecule has 0 unspecified atom stereocenters. The molecule has 22 heteroatoms. The number of aromatic nitrogens is 6. The third-order valence-electron chi connectivity index (χ3n) is 34.4. The van der Waals surface area contributed by atoms with Crippen molar-refractivity contribution in [2.45, 2.75) is 290 Å². The Morgan fingerprint density at radius 3 is 1.47 bits per heavy atom. The Morgan fingerprint density at radius 1 is 0.636 bits per heavy atom. The van der Waals surface area contributed by atoms with Crippen LogP contribution in [-0.2, 0) is 33.3 Å². The Bertz CT molecular complexity index is 3580. The lowest BCUT2D eigenvalue weighted by molar-refractivity contribution is -0.269. The van der Waals surface area contributed by atoms with Crippen molar-refractivity contribution in [2.75, 3.05) is 46.8 Å². The van der Waals surface area contributed by atoms with Crippen LogP contribution in [0.15, 0.2) is 36.0 Å². The lowest BCUT2D eigenvalue weighted by Gasteiger charge is -2.71. The van der Waals surface area contributed by atoms with Crippen LogP contribution in [0.25, 0.3) is 0 Å². The molecule has 8 aliphatic carbocycles. The number of allylic oxidation sites excluding steroid dienone is 2. The number of primary amides is 1. The first kappa shape index (κ1) is 85.0. The number of aliphatic carboxylic acids is 2. The fraction of sp³-hybridized carbons (Fsp3) is 0.859. The quantitative estimate of drug-likeness (QED) is 0.0425. The second kappa shape index (κ2) is 30.2. The molecule has 0 aromatic carbocycles. The zero-order valence-electron chi connectivity index (χ0n) is 70.4. The van der Waals surface area contributed by atoms with Gasteiger partial charge in [0.05, 0.1) is 75.8 Å². The number of amides is 2. The summed E-state index contributed by atoms with van der Waals surface area (Å²) in [6.07, 6.45) is 18.5. The van der Waals surface area contributed by atoms with Gasteiger partial charge in [-0.15, -0.1) is 0 Å². The van der Waals surface area contributed by atoms with Crippen molar-refractivity contribution in [3.8, 4) is 0 Å². The predicted octanol–water partition coefficient (Wildman–Crippen LogP) is 15.2. The van der Waals surface area contributed by atoms with Gasteiger partial charge < -0.3 is 56.1 Å². The number of carboxylic acids is 2. The summed E-state index contributed by atoms with van der Waals surface area (Å²) in [5.74, 6) is 0.894. The molecule has 4 heterocycles. The molecular weight excluding hydrogens is 1370 g/mol. The highest BCUT2D eigenvalue weighted by Crippen LogP contribution is 2.78. The largest absolute Gasteiger partial charge is 0.481 e. The molecule has 4 bridgehead atoms. The third-order valence-corrected chi connectivity index (χ3v) is 39.2. The van der Waals surface area contributed by atoms with Gasteiger partial charge in [0.2, 0.25) is 11.6 Å². The molecule has 0 radical (unpaired) electrons. The zero-order valence-corrected chi connectivity index (χ0v) is 71.4. The Kier molecular flexibility index (Phi) is 24.0. The van der Waals surface area contributed by atoms with Gasteiger partial charge in [0, 0.05) is 39.8 Å². The number of nitrogens with zero attached hydrogens (tertiary/aromatic N) is 5. The Morgan fingerprint density at radius 2 is 1.07 bits per heavy atom. The average molecular weight is 1510 g/mol. The van der Waals surface area contributed by atoms with E-state index in [1.807, 2.05) is 14.0 Å². The molecule has 604 valence electrons. The molecule has 2 aromatic heterocycles. The van der Waals surface area contributed by atoms with E-state index in [4.69, 9.17) is 40.9 Å². The predicted molar refractivity (Wildman–Crippen MR) is 421 cm³/mol. The van der Waals surface area contributed by atoms with Crippen molar-refractivity contribution in [3.05, 3.63) is 47.6 Å². The highest BCUT2D eigenvalue weighted by molar-refractivity contribution is 6.79. The van der Waals surface area contributed by atoms with E-state index in [0.717, 1.165) is 95.4 Å². The van der Waals surface area contributed by atoms with E-state index in [1.54, 1.807) is 10.3 Å². The molecule has 2 aromatic rings. The Labute approximate surface area is 643 Å². The molecule has 2 amide bonds. The second-order valence-electron chi connectivity index (χ2n) is 40.2. The summed E-state index contributed by atoms with van der Waals surface area (Å²) in [5.41, 5.74) is 18.8. The van der Waals surface area contributed by atoms with Crippen LogP contribution in [0.2, 0.25) is 18.1 Å². The maximum absolute atomic E-state index is 13.5. The van der Waals surface area contributed by atoms with E-state index in [1.165, 1.54) is 18.2 Å². The fourth-order valence-electron chi connectivity index (χ4n) is 25.4. The zero-order chi connectivity index (χ0) is 79.4. The highest BCUT2D eigenvalue weighted by Gasteiger charge is 2.75. The first-order valence-electron chi connectivity index (χ1n) is 41.5. The van der Waals surface area contributed by atoms with E-state index >= 15 is 0 Å². The van der Waals surface area contributed by atoms with Crippen LogP contribution in [0.5, 0.6) is 0 Å². The van der Waals surface area contributed by atoms with Crippen LogP contribution >= 0.6 is 0 Å². The van der Waals surface area contributed by atoms with Gasteiger partial charge in [0.1, 0.15) is 12.7 Å². The van der Waals surface area contributed by atoms with E-state index in [2.05, 4.69) is 195 Å². The topological polar surface area (TPSA) is 317 Å². The fourth-order valence-corrected chi connectivity index (χ4v) is 28.0. The number of methoxy groups -OCH3 is 1. The van der Waals surface area contributed by atoms with Crippen molar-refractivity contribution < 1.29 is 53.1 Å². The molecule has 24 atom stereocenters. The summed E-state index contributed by atoms with van der Waals surface area (Å²) in [6.45, 7) is 54.6. The van der Waals surface area contributed by atoms with Crippen LogP contribution < -0.4 is 22.2 Å². The van der Waals surface area contributed by atoms with Gasteiger partial charge in [-0.2, -0.15) is 10.2 Å². The van der Waals surface area contributed by atoms with Crippen LogP contribution in [0.1, 0.15) is 264 Å². The SMILES string of the molecule is CC(C)[C@@H](C)[C@@]1(C)CC[C@]2(C)[C@H]3CC[C@@H]4[C@@]5(COC[C@@]4(C)[C@@H](OC[C@](C)(N)C(C)C)[C@H](n4ncnc4C(N)=O)C5)C3=CC[C@@]2(C)[C@@H]1C(=O)O.CC[Si](CC)(CC)NC(=O)c1ncn[nH]1.CO[C@@H]1C[C@@]23COC[C@](C)([C@@H]2CC[C@H]2C3=CC[C@@]3(C)[C@H](C(=O)O)[C@@](C)([C@H](C)C(C)C)CC[C@]23C)[C@H]1OC[C@](C)(N)C(C)C. The Balaban J connectivity index is 0.000000193. The van der Waals surface area contributed by atoms with Crippen molar-refractivity contribution in [2.24, 2.45) is 142 Å². The number of rotatable bonds is 22. The molecule has 107 heavy (non-hydrogen) atoms. The summed E-state index contributed by atoms with van der Waals surface area (Å²) < 4.78 is 35.0. The number of hydrogen-bond donors (Lipinski definition) is 7. The van der Waals surface area contributed by atoms with Gasteiger partial charge in [-0.1, -0.05) is 169 Å². The molecule has 21 nitrogen and oxygen atoms in total. The Hall–Kier alpha value is -4.42. The van der Waals surface area contributed by atoms with Gasteiger partial charge in [-0.05, 0) is 201 Å². The third kappa shape index (κ3) is 13.6. The number of carbonyl (C=O) groups is 4. The summed E-state index contributed by atoms with van der Waals surface area (Å²) in [6, 6.07) is 2.85. The number of carboxylic acid groups (broad SMARTS) is 2. The summed E-state index contributed by atoms with van der Waals surface area (Å²) in [5, 5.41) is 32.9. The van der Waals surface area contributed by atoms with E-state index in [9.17, 15) is 29.4 Å². The molecule has 0 spiro atoms. The number of ether oxygens (including phenoxy) is 5. The lowest BCUT2D eigenvalue weighted by Crippen LogP contribution is -2.70. The van der Waals surface area contributed by atoms with Gasteiger partial charge in [-0.25, -0.2) is 14.6 Å². The summed E-state index contributed by atoms with van der Waals surface area (Å²) in [7, 11) is 0.215. The minimum Gasteiger partial charge on any atom is -0.481 e. The lowest BCUT2D eigenvalue weighted by atomic mass is 9.34. The van der Waals surface area contributed by atoms with Gasteiger partial charge in [0.25, 0.3) is 11.8 Å².